The molecule has 0 aliphatic rings. The molecule has 0 aliphatic heterocycles. The molecule has 1 heterocycles. The molecular formula is C19H21BrN4O4. The van der Waals surface area contributed by atoms with Gasteiger partial charge >= 0.3 is 0 Å². The lowest BCUT2D eigenvalue weighted by molar-refractivity contribution is -0.130. The van der Waals surface area contributed by atoms with Crippen molar-refractivity contribution in [2.75, 3.05) is 27.3 Å². The Hall–Kier alpha value is -2.94. The van der Waals surface area contributed by atoms with Crippen molar-refractivity contribution >= 4 is 34.0 Å². The van der Waals surface area contributed by atoms with Crippen molar-refractivity contribution in [3.63, 3.8) is 0 Å². The van der Waals surface area contributed by atoms with Crippen LogP contribution in [0.4, 0.5) is 0 Å². The minimum Gasteiger partial charge on any atom is -0.490 e. The van der Waals surface area contributed by atoms with E-state index in [0.717, 1.165) is 0 Å². The highest BCUT2D eigenvalue weighted by Gasteiger charge is 2.14. The SMILES string of the molecule is CCOc1cc(/C=N\NC(=O)c2cccnc2)cc(Br)c1OCC(=O)N(C)C. The molecule has 0 spiro atoms. The normalized spacial score (nSPS) is 10.6. The van der Waals surface area contributed by atoms with E-state index in [1.807, 2.05) is 6.92 Å². The van der Waals surface area contributed by atoms with Crippen LogP contribution in [0.1, 0.15) is 22.8 Å². The Bertz CT molecular complexity index is 857. The highest BCUT2D eigenvalue weighted by Crippen LogP contribution is 2.36. The molecule has 1 aromatic carbocycles. The van der Waals surface area contributed by atoms with Gasteiger partial charge in [0.1, 0.15) is 0 Å². The number of hydrazone groups is 1. The van der Waals surface area contributed by atoms with Crippen LogP contribution in [0, 0.1) is 0 Å². The fourth-order valence-corrected chi connectivity index (χ4v) is 2.63. The quantitative estimate of drug-likeness (QED) is 0.494. The zero-order valence-corrected chi connectivity index (χ0v) is 17.4. The van der Waals surface area contributed by atoms with Gasteiger partial charge in [-0.2, -0.15) is 5.10 Å². The predicted octanol–water partition coefficient (Wildman–Crippen LogP) is 2.47. The second kappa shape index (κ2) is 10.4. The number of amides is 2. The first kappa shape index (κ1) is 21.4. The van der Waals surface area contributed by atoms with Gasteiger partial charge < -0.3 is 14.4 Å². The summed E-state index contributed by atoms with van der Waals surface area (Å²) in [5.74, 6) is 0.353. The Balaban J connectivity index is 2.12. The van der Waals surface area contributed by atoms with Gasteiger partial charge in [-0.15, -0.1) is 0 Å². The van der Waals surface area contributed by atoms with Crippen LogP contribution >= 0.6 is 15.9 Å². The summed E-state index contributed by atoms with van der Waals surface area (Å²) >= 11 is 3.43. The van der Waals surface area contributed by atoms with Crippen molar-refractivity contribution in [3.05, 3.63) is 52.3 Å². The number of ether oxygens (including phenoxy) is 2. The van der Waals surface area contributed by atoms with Gasteiger partial charge in [0.15, 0.2) is 18.1 Å². The summed E-state index contributed by atoms with van der Waals surface area (Å²) < 4.78 is 11.8. The van der Waals surface area contributed by atoms with E-state index < -0.39 is 0 Å². The van der Waals surface area contributed by atoms with E-state index in [-0.39, 0.29) is 18.4 Å². The van der Waals surface area contributed by atoms with E-state index in [0.29, 0.717) is 33.7 Å². The fourth-order valence-electron chi connectivity index (χ4n) is 2.06. The second-order valence-electron chi connectivity index (χ2n) is 5.78. The van der Waals surface area contributed by atoms with Gasteiger partial charge in [-0.05, 0) is 52.7 Å². The summed E-state index contributed by atoms with van der Waals surface area (Å²) in [5, 5.41) is 3.96. The standard InChI is InChI=1S/C19H21BrN4O4/c1-4-27-16-9-13(8-15(20)18(16)28-12-17(25)24(2)3)10-22-23-19(26)14-6-5-7-21-11-14/h5-11H,4,12H2,1-3H3,(H,23,26)/b22-10-. The van der Waals surface area contributed by atoms with E-state index in [9.17, 15) is 9.59 Å². The molecule has 1 aromatic heterocycles. The highest BCUT2D eigenvalue weighted by molar-refractivity contribution is 9.10. The van der Waals surface area contributed by atoms with Crippen LogP contribution in [-0.2, 0) is 4.79 Å². The maximum absolute atomic E-state index is 12.0. The van der Waals surface area contributed by atoms with Gasteiger partial charge in [-0.3, -0.25) is 14.6 Å². The van der Waals surface area contributed by atoms with Gasteiger partial charge in [0.05, 0.1) is 22.9 Å². The van der Waals surface area contributed by atoms with E-state index in [1.165, 1.54) is 17.3 Å². The average molecular weight is 449 g/mol. The van der Waals surface area contributed by atoms with Crippen molar-refractivity contribution in [1.82, 2.24) is 15.3 Å². The molecule has 9 heteroatoms. The number of halogens is 1. The van der Waals surface area contributed by atoms with Gasteiger partial charge in [-0.25, -0.2) is 5.43 Å². The van der Waals surface area contributed by atoms with Crippen LogP contribution in [0.25, 0.3) is 0 Å². The monoisotopic (exact) mass is 448 g/mol. The predicted molar refractivity (Wildman–Crippen MR) is 109 cm³/mol. The minimum atomic E-state index is -0.365. The Morgan fingerprint density at radius 3 is 2.75 bits per heavy atom. The van der Waals surface area contributed by atoms with Crippen LogP contribution < -0.4 is 14.9 Å². The smallest absolute Gasteiger partial charge is 0.272 e. The van der Waals surface area contributed by atoms with Crippen molar-refractivity contribution in [1.29, 1.82) is 0 Å². The number of likely N-dealkylation sites (N-methyl/N-ethyl adjacent to an activating group) is 1. The second-order valence-corrected chi connectivity index (χ2v) is 6.64. The molecule has 0 saturated heterocycles. The van der Waals surface area contributed by atoms with Gasteiger partial charge in [-0.1, -0.05) is 0 Å². The lowest BCUT2D eigenvalue weighted by atomic mass is 10.2. The van der Waals surface area contributed by atoms with E-state index in [4.69, 9.17) is 9.47 Å². The molecule has 8 nitrogen and oxygen atoms in total. The van der Waals surface area contributed by atoms with Crippen LogP contribution in [0.15, 0.2) is 46.2 Å². The van der Waals surface area contributed by atoms with Crippen molar-refractivity contribution in [3.8, 4) is 11.5 Å². The lowest BCUT2D eigenvalue weighted by Gasteiger charge is -2.16. The topological polar surface area (TPSA) is 93.1 Å². The summed E-state index contributed by atoms with van der Waals surface area (Å²) in [7, 11) is 3.31. The molecule has 0 bridgehead atoms. The number of nitrogens with one attached hydrogen (secondary N) is 1. The molecule has 0 fully saturated rings. The van der Waals surface area contributed by atoms with Crippen LogP contribution in [-0.4, -0.2) is 55.2 Å². The Labute approximate surface area is 171 Å². The molecule has 2 amide bonds. The lowest BCUT2D eigenvalue weighted by Crippen LogP contribution is -2.27. The summed E-state index contributed by atoms with van der Waals surface area (Å²) in [4.78, 5) is 29.1. The summed E-state index contributed by atoms with van der Waals surface area (Å²) in [6.07, 6.45) is 4.52. The number of benzene rings is 1. The maximum Gasteiger partial charge on any atom is 0.272 e. The zero-order chi connectivity index (χ0) is 20.5. The van der Waals surface area contributed by atoms with Gasteiger partial charge in [0, 0.05) is 26.5 Å². The summed E-state index contributed by atoms with van der Waals surface area (Å²) in [5.41, 5.74) is 3.52. The van der Waals surface area contributed by atoms with Crippen molar-refractivity contribution in [2.24, 2.45) is 5.10 Å². The first-order valence-corrected chi connectivity index (χ1v) is 9.24. The Morgan fingerprint density at radius 1 is 1.32 bits per heavy atom. The molecule has 2 aromatic rings. The number of hydrogen-bond acceptors (Lipinski definition) is 6. The molecule has 0 aliphatic carbocycles. The Kier molecular flexibility index (Phi) is 7.94. The summed E-state index contributed by atoms with van der Waals surface area (Å²) in [6, 6.07) is 6.77. The van der Waals surface area contributed by atoms with Crippen LogP contribution in [0.3, 0.4) is 0 Å². The van der Waals surface area contributed by atoms with Crippen molar-refractivity contribution < 1.29 is 19.1 Å². The van der Waals surface area contributed by atoms with Gasteiger partial charge in [0.2, 0.25) is 0 Å². The number of hydrogen-bond donors (Lipinski definition) is 1. The third kappa shape index (κ3) is 6.05. The summed E-state index contributed by atoms with van der Waals surface area (Å²) in [6.45, 7) is 2.15. The zero-order valence-electron chi connectivity index (χ0n) is 15.8. The molecular weight excluding hydrogens is 428 g/mol. The number of aromatic nitrogens is 1. The molecule has 0 atom stereocenters. The molecule has 0 unspecified atom stereocenters. The van der Waals surface area contributed by atoms with Gasteiger partial charge in [0.25, 0.3) is 11.8 Å². The molecule has 2 rings (SSSR count). The third-order valence-electron chi connectivity index (χ3n) is 3.47. The molecule has 28 heavy (non-hydrogen) atoms. The first-order valence-electron chi connectivity index (χ1n) is 8.45. The number of pyridine rings is 1. The maximum atomic E-state index is 12.0. The molecule has 0 radical (unpaired) electrons. The van der Waals surface area contributed by atoms with Crippen LogP contribution in [0.5, 0.6) is 11.5 Å². The molecule has 0 saturated carbocycles. The van der Waals surface area contributed by atoms with E-state index in [2.05, 4.69) is 31.4 Å². The number of rotatable bonds is 8. The van der Waals surface area contributed by atoms with E-state index >= 15 is 0 Å². The Morgan fingerprint density at radius 2 is 2.11 bits per heavy atom. The van der Waals surface area contributed by atoms with Crippen molar-refractivity contribution in [2.45, 2.75) is 6.92 Å². The van der Waals surface area contributed by atoms with Crippen LogP contribution in [0.2, 0.25) is 0 Å². The largest absolute Gasteiger partial charge is 0.490 e. The number of carbonyl (C=O) groups excluding carboxylic acids is 2. The highest BCUT2D eigenvalue weighted by atomic mass is 79.9. The number of carbonyl (C=O) groups is 2. The first-order chi connectivity index (χ1) is 13.4. The molecule has 1 N–H and O–H groups in total. The average Bonchev–Trinajstić information content (AvgIpc) is 2.68. The molecule has 148 valence electrons. The number of nitrogens with zero attached hydrogens (tertiary/aromatic N) is 3. The van der Waals surface area contributed by atoms with E-state index in [1.54, 1.807) is 44.6 Å². The minimum absolute atomic E-state index is 0.111. The third-order valence-corrected chi connectivity index (χ3v) is 4.06. The fraction of sp³-hybridized carbons (Fsp3) is 0.263.